The van der Waals surface area contributed by atoms with Crippen molar-refractivity contribution in [2.45, 2.75) is 116 Å². The van der Waals surface area contributed by atoms with E-state index in [0.717, 1.165) is 11.4 Å². The number of nitrogens with two attached hydrogens (primary N) is 1. The second-order valence-electron chi connectivity index (χ2n) is 17.5. The van der Waals surface area contributed by atoms with Crippen molar-refractivity contribution in [2.75, 3.05) is 50.3 Å². The van der Waals surface area contributed by atoms with Crippen LogP contribution in [0.5, 0.6) is 11.5 Å². The second kappa shape index (κ2) is 25.3. The van der Waals surface area contributed by atoms with Crippen LogP contribution < -0.4 is 30.3 Å². The lowest BCUT2D eigenvalue weighted by Gasteiger charge is -2.29. The van der Waals surface area contributed by atoms with Gasteiger partial charge in [-0.1, -0.05) is 90.1 Å². The predicted molar refractivity (Wildman–Crippen MR) is 246 cm³/mol. The Morgan fingerprint density at radius 2 is 1.31 bits per heavy atom. The molecule has 0 spiro atoms. The summed E-state index contributed by atoms with van der Waals surface area (Å²) in [4.78, 5) is 52.1. The van der Waals surface area contributed by atoms with Crippen LogP contribution in [0, 0.1) is 10.8 Å². The van der Waals surface area contributed by atoms with Gasteiger partial charge in [0.05, 0.1) is 11.4 Å². The predicted octanol–water partition coefficient (Wildman–Crippen LogP) is 2.05. The Hall–Kier alpha value is -4.63. The number of fused-ring (bicyclic) bond motifs is 2. The lowest BCUT2D eigenvalue weighted by atomic mass is 9.94. The Morgan fingerprint density at radius 3 is 1.78 bits per heavy atom. The molecular weight excluding hydrogens is 868 g/mol. The van der Waals surface area contributed by atoms with Crippen LogP contribution in [0.15, 0.2) is 72.8 Å². The minimum absolute atomic E-state index is 0. The van der Waals surface area contributed by atoms with E-state index >= 15 is 0 Å². The van der Waals surface area contributed by atoms with E-state index in [2.05, 4.69) is 5.32 Å². The van der Waals surface area contributed by atoms with Crippen LogP contribution in [0.25, 0.3) is 0 Å². The van der Waals surface area contributed by atoms with Crippen LogP contribution in [0.3, 0.4) is 0 Å². The van der Waals surface area contributed by atoms with Gasteiger partial charge in [0, 0.05) is 27.3 Å². The van der Waals surface area contributed by atoms with E-state index in [4.69, 9.17) is 29.4 Å². The summed E-state index contributed by atoms with van der Waals surface area (Å²) in [7, 11) is 2.51. The van der Waals surface area contributed by atoms with Gasteiger partial charge in [0.1, 0.15) is 67.3 Å². The van der Waals surface area contributed by atoms with Crippen molar-refractivity contribution in [2.24, 2.45) is 16.6 Å². The summed E-state index contributed by atoms with van der Waals surface area (Å²) in [5.41, 5.74) is 6.78. The number of carbonyl (C=O) groups excluding carboxylic acids is 4. The average molecular weight is 938 g/mol. The van der Waals surface area contributed by atoms with Gasteiger partial charge in [0.25, 0.3) is 11.8 Å². The van der Waals surface area contributed by atoms with Gasteiger partial charge in [-0.15, -0.1) is 12.4 Å². The van der Waals surface area contributed by atoms with E-state index in [0.29, 0.717) is 24.5 Å². The summed E-state index contributed by atoms with van der Waals surface area (Å²) in [6, 6.07) is 13.0. The molecule has 0 radical (unpaired) electrons. The van der Waals surface area contributed by atoms with E-state index in [9.17, 15) is 44.7 Å². The Kier molecular flexibility index (Phi) is 22.0. The first-order valence-corrected chi connectivity index (χ1v) is 21.2. The summed E-state index contributed by atoms with van der Waals surface area (Å²) < 4.78 is 26.0. The molecule has 19 heteroatoms. The molecule has 0 bridgehead atoms. The highest BCUT2D eigenvalue weighted by molar-refractivity contribution is 6.01. The quantitative estimate of drug-likeness (QED) is 0.119. The van der Waals surface area contributed by atoms with E-state index < -0.39 is 72.8 Å². The van der Waals surface area contributed by atoms with E-state index in [-0.39, 0.29) is 48.3 Å². The fourth-order valence-electron chi connectivity index (χ4n) is 6.61. The van der Waals surface area contributed by atoms with Gasteiger partial charge in [0.15, 0.2) is 18.3 Å². The van der Waals surface area contributed by atoms with Crippen molar-refractivity contribution in [3.8, 4) is 11.5 Å². The SMILES string of the molecule is CCN1C(=O)[C@@H](N)COc2ccccc21.CCN1C(=O)[C@@H](NC(=O)[C@H](OC)[C@H](O)[C@@H](O)[C@H](O)/C=C/C(C)(C)C)COc2ccccc21.CO[C@H]1C(=O)O[C@@H]([C@H](O)/C=C/C(C)(C)C)[C@H]1O.Cl. The highest BCUT2D eigenvalue weighted by Crippen LogP contribution is 2.32. The van der Waals surface area contributed by atoms with Crippen molar-refractivity contribution in [1.82, 2.24) is 5.32 Å². The summed E-state index contributed by atoms with van der Waals surface area (Å²) in [6.07, 6.45) is -4.13. The van der Waals surface area contributed by atoms with Crippen molar-refractivity contribution >= 4 is 47.5 Å². The van der Waals surface area contributed by atoms with Crippen LogP contribution in [-0.4, -0.2) is 151 Å². The molecule has 3 heterocycles. The molecule has 2 aromatic carbocycles. The number of rotatable bonds is 12. The van der Waals surface area contributed by atoms with Gasteiger partial charge in [0.2, 0.25) is 5.91 Å². The van der Waals surface area contributed by atoms with Gasteiger partial charge >= 0.3 is 5.97 Å². The molecule has 5 rings (SSSR count). The van der Waals surface area contributed by atoms with E-state index in [1.807, 2.05) is 79.7 Å². The number of methoxy groups -OCH3 is 2. The van der Waals surface area contributed by atoms with Crippen molar-refractivity contribution in [3.63, 3.8) is 0 Å². The average Bonchev–Trinajstić information content (AvgIpc) is 3.38. The first-order chi connectivity index (χ1) is 30.0. The molecule has 1 fully saturated rings. The zero-order valence-electron chi connectivity index (χ0n) is 38.8. The number of allylic oxidation sites excluding steroid dienone is 2. The normalized spacial score (nSPS) is 23.3. The molecule has 2 aromatic rings. The van der Waals surface area contributed by atoms with Crippen LogP contribution >= 0.6 is 12.4 Å². The number of nitrogens with one attached hydrogen (secondary N) is 1. The molecule has 1 saturated heterocycles. The topological polar surface area (TPSA) is 260 Å². The molecule has 0 aliphatic carbocycles. The Morgan fingerprint density at radius 1 is 0.815 bits per heavy atom. The van der Waals surface area contributed by atoms with Gasteiger partial charge in [-0.2, -0.15) is 0 Å². The van der Waals surface area contributed by atoms with Crippen LogP contribution in [0.1, 0.15) is 55.4 Å². The highest BCUT2D eigenvalue weighted by atomic mass is 35.5. The van der Waals surface area contributed by atoms with Gasteiger partial charge in [-0.25, -0.2) is 4.79 Å². The number of hydrogen-bond donors (Lipinski definition) is 7. The third kappa shape index (κ3) is 15.8. The number of aliphatic hydroxyl groups is 5. The number of benzene rings is 2. The maximum absolute atomic E-state index is 13.0. The summed E-state index contributed by atoms with van der Waals surface area (Å²) >= 11 is 0. The van der Waals surface area contributed by atoms with Crippen LogP contribution in [0.2, 0.25) is 0 Å². The summed E-state index contributed by atoms with van der Waals surface area (Å²) in [5, 5.41) is 53.1. The van der Waals surface area contributed by atoms with E-state index in [1.165, 1.54) is 31.3 Å². The number of anilines is 2. The number of likely N-dealkylation sites (N-methyl/N-ethyl adjacent to an activating group) is 2. The standard InChI is InChI=1S/C23H34N2O7.C12H20O5.C11H14N2O2.ClH/c1-6-25-15-9-7-8-10-17(15)32-13-14(22(25)30)24-21(29)20(31-5)19(28)18(27)16(26)11-12-23(2,3)4;1-12(2,3)6-5-7(13)9-8(14)10(16-4)11(15)17-9;1-2-13-9-5-3-4-6-10(9)15-7-8(12)11(13)14;/h7-12,14,16,18-20,26-28H,6,13H2,1-5H3,(H,24,29);5-10,13-14H,1-4H3;3-6,8H,2,7,12H2,1H3;1H/b12-11+;6-5+;;/t14-,16+,18-,19+,20+;7-,8-,9+,10-;8-;/m010./s1. The maximum Gasteiger partial charge on any atom is 0.338 e. The molecule has 0 unspecified atom stereocenters. The molecule has 3 aliphatic rings. The Balaban J connectivity index is 0.000000368. The minimum Gasteiger partial charge on any atom is -0.489 e. The number of halogens is 1. The number of hydrogen-bond acceptors (Lipinski definition) is 15. The third-order valence-electron chi connectivity index (χ3n) is 10.1. The molecule has 0 saturated carbocycles. The van der Waals surface area contributed by atoms with Crippen LogP contribution in [0.4, 0.5) is 11.4 Å². The van der Waals surface area contributed by atoms with Gasteiger partial charge < -0.3 is 70.1 Å². The number of aliphatic hydroxyl groups excluding tert-OH is 5. The highest BCUT2D eigenvalue weighted by Gasteiger charge is 2.47. The number of nitrogens with zero attached hydrogens (tertiary/aromatic N) is 2. The third-order valence-corrected chi connectivity index (χ3v) is 10.1. The van der Waals surface area contributed by atoms with Crippen molar-refractivity contribution in [3.05, 3.63) is 72.8 Å². The smallest absolute Gasteiger partial charge is 0.338 e. The minimum atomic E-state index is -1.74. The Bertz CT molecular complexity index is 1920. The number of ether oxygens (including phenoxy) is 5. The molecule has 8 N–H and O–H groups in total. The first kappa shape index (κ1) is 56.5. The van der Waals surface area contributed by atoms with Gasteiger partial charge in [-0.05, 0) is 48.9 Å². The largest absolute Gasteiger partial charge is 0.489 e. The molecular formula is C46H69ClN4O14. The molecule has 364 valence electrons. The zero-order chi connectivity index (χ0) is 48.1. The molecule has 18 nitrogen and oxygen atoms in total. The molecule has 3 amide bonds. The van der Waals surface area contributed by atoms with Gasteiger partial charge in [-0.3, -0.25) is 14.4 Å². The van der Waals surface area contributed by atoms with Crippen LogP contribution in [-0.2, 0) is 33.4 Å². The number of para-hydroxylation sites is 4. The number of cyclic esters (lactones) is 1. The first-order valence-electron chi connectivity index (χ1n) is 21.2. The monoisotopic (exact) mass is 936 g/mol. The Labute approximate surface area is 387 Å². The molecule has 10 atom stereocenters. The lowest BCUT2D eigenvalue weighted by molar-refractivity contribution is -0.151. The summed E-state index contributed by atoms with van der Waals surface area (Å²) in [6.45, 7) is 16.5. The molecule has 3 aliphatic heterocycles. The second-order valence-corrected chi connectivity index (χ2v) is 17.5. The van der Waals surface area contributed by atoms with E-state index in [1.54, 1.807) is 41.3 Å². The number of amides is 3. The fourth-order valence-corrected chi connectivity index (χ4v) is 6.61. The summed E-state index contributed by atoms with van der Waals surface area (Å²) in [5.74, 6) is -0.665. The maximum atomic E-state index is 13.0. The fraction of sp³-hybridized carbons (Fsp3) is 0.565. The van der Waals surface area contributed by atoms with Crippen molar-refractivity contribution < 1.29 is 68.4 Å². The zero-order valence-corrected chi connectivity index (χ0v) is 39.6. The molecule has 0 aromatic heterocycles. The number of esters is 1. The van der Waals surface area contributed by atoms with Crippen molar-refractivity contribution in [1.29, 1.82) is 0 Å². The lowest BCUT2D eigenvalue weighted by Crippen LogP contribution is -2.57. The number of carbonyl (C=O) groups is 4. The molecule has 65 heavy (non-hydrogen) atoms.